The van der Waals surface area contributed by atoms with E-state index >= 15 is 0 Å². The lowest BCUT2D eigenvalue weighted by Crippen LogP contribution is -2.43. The summed E-state index contributed by atoms with van der Waals surface area (Å²) in [5.41, 5.74) is 0. The van der Waals surface area contributed by atoms with E-state index in [0.29, 0.717) is 12.1 Å². The van der Waals surface area contributed by atoms with Crippen LogP contribution >= 0.6 is 0 Å². The Morgan fingerprint density at radius 3 is 3.06 bits per heavy atom. The van der Waals surface area contributed by atoms with Gasteiger partial charge in [0.15, 0.2) is 0 Å². The van der Waals surface area contributed by atoms with Gasteiger partial charge >= 0.3 is 0 Å². The second-order valence-electron chi connectivity index (χ2n) is 4.77. The summed E-state index contributed by atoms with van der Waals surface area (Å²) >= 11 is 0. The second-order valence-corrected chi connectivity index (χ2v) is 4.77. The zero-order chi connectivity index (χ0) is 11.9. The van der Waals surface area contributed by atoms with Crippen LogP contribution in [0.4, 0.5) is 0 Å². The lowest BCUT2D eigenvalue weighted by molar-refractivity contribution is 0.0418. The van der Waals surface area contributed by atoms with Crippen molar-refractivity contribution in [3.05, 3.63) is 18.7 Å². The number of ether oxygens (including phenoxy) is 1. The molecular weight excluding hydrogens is 214 g/mol. The van der Waals surface area contributed by atoms with Crippen LogP contribution in [-0.2, 0) is 11.3 Å². The van der Waals surface area contributed by atoms with Crippen LogP contribution in [0.1, 0.15) is 32.1 Å². The molecule has 1 saturated carbocycles. The number of nitrogens with zero attached hydrogens (tertiary/aromatic N) is 2. The van der Waals surface area contributed by atoms with Gasteiger partial charge in [0.25, 0.3) is 0 Å². The van der Waals surface area contributed by atoms with Crippen molar-refractivity contribution in [1.82, 2.24) is 14.9 Å². The number of aryl methyl sites for hydroxylation is 1. The summed E-state index contributed by atoms with van der Waals surface area (Å²) in [6.45, 7) is 2.10. The predicted octanol–water partition coefficient (Wildman–Crippen LogP) is 1.82. The first kappa shape index (κ1) is 12.6. The molecule has 0 bridgehead atoms. The molecule has 1 heterocycles. The van der Waals surface area contributed by atoms with Crippen LogP contribution in [0.2, 0.25) is 0 Å². The number of rotatable bonds is 6. The molecule has 1 N–H and O–H groups in total. The molecule has 0 aromatic carbocycles. The van der Waals surface area contributed by atoms with Crippen molar-refractivity contribution < 1.29 is 4.74 Å². The van der Waals surface area contributed by atoms with E-state index in [4.69, 9.17) is 4.74 Å². The molecule has 0 saturated heterocycles. The summed E-state index contributed by atoms with van der Waals surface area (Å²) in [5, 5.41) is 3.63. The Hall–Kier alpha value is -0.870. The molecule has 17 heavy (non-hydrogen) atoms. The number of methoxy groups -OCH3 is 1. The molecular formula is C13H23N3O. The topological polar surface area (TPSA) is 39.1 Å². The van der Waals surface area contributed by atoms with Crippen LogP contribution in [0, 0.1) is 0 Å². The van der Waals surface area contributed by atoms with Crippen LogP contribution in [0.5, 0.6) is 0 Å². The normalized spacial score (nSPS) is 25.0. The molecule has 2 rings (SSSR count). The highest BCUT2D eigenvalue weighted by molar-refractivity contribution is 4.81. The van der Waals surface area contributed by atoms with Gasteiger partial charge in [0.1, 0.15) is 0 Å². The maximum Gasteiger partial charge on any atom is 0.0945 e. The van der Waals surface area contributed by atoms with Gasteiger partial charge in [0, 0.05) is 32.1 Å². The molecule has 1 aromatic heterocycles. The summed E-state index contributed by atoms with van der Waals surface area (Å²) < 4.78 is 7.65. The van der Waals surface area contributed by atoms with E-state index in [2.05, 4.69) is 14.9 Å². The van der Waals surface area contributed by atoms with Crippen molar-refractivity contribution >= 4 is 0 Å². The molecule has 96 valence electrons. The van der Waals surface area contributed by atoms with E-state index in [1.165, 1.54) is 25.7 Å². The highest BCUT2D eigenvalue weighted by Crippen LogP contribution is 2.20. The van der Waals surface area contributed by atoms with E-state index in [0.717, 1.165) is 19.5 Å². The van der Waals surface area contributed by atoms with Crippen molar-refractivity contribution in [3.63, 3.8) is 0 Å². The summed E-state index contributed by atoms with van der Waals surface area (Å²) in [6.07, 6.45) is 12.4. The lowest BCUT2D eigenvalue weighted by Gasteiger charge is -2.31. The van der Waals surface area contributed by atoms with Gasteiger partial charge in [-0.15, -0.1) is 0 Å². The Kier molecular flexibility index (Phi) is 5.01. The molecule has 2 unspecified atom stereocenters. The van der Waals surface area contributed by atoms with Crippen LogP contribution in [0.3, 0.4) is 0 Å². The SMILES string of the molecule is COC1CCCCC1NCCCn1ccnc1. The van der Waals surface area contributed by atoms with Gasteiger partial charge in [-0.25, -0.2) is 4.98 Å². The quantitative estimate of drug-likeness (QED) is 0.767. The number of aromatic nitrogens is 2. The Morgan fingerprint density at radius 2 is 2.29 bits per heavy atom. The van der Waals surface area contributed by atoms with Gasteiger partial charge in [-0.05, 0) is 25.8 Å². The van der Waals surface area contributed by atoms with Crippen molar-refractivity contribution in [2.45, 2.75) is 50.8 Å². The van der Waals surface area contributed by atoms with Gasteiger partial charge in [0.05, 0.1) is 12.4 Å². The molecule has 2 atom stereocenters. The lowest BCUT2D eigenvalue weighted by atomic mass is 9.92. The molecule has 4 nitrogen and oxygen atoms in total. The number of hydrogen-bond acceptors (Lipinski definition) is 3. The molecule has 0 amide bonds. The minimum absolute atomic E-state index is 0.414. The summed E-state index contributed by atoms with van der Waals surface area (Å²) in [5.74, 6) is 0. The van der Waals surface area contributed by atoms with Crippen LogP contribution in [-0.4, -0.2) is 35.4 Å². The first-order chi connectivity index (χ1) is 8.40. The van der Waals surface area contributed by atoms with Gasteiger partial charge < -0.3 is 14.6 Å². The Bertz CT molecular complexity index is 300. The standard InChI is InChI=1S/C13H23N3O/c1-17-13-6-3-2-5-12(13)15-7-4-9-16-10-8-14-11-16/h8,10-13,15H,2-7,9H2,1H3. The Morgan fingerprint density at radius 1 is 1.41 bits per heavy atom. The number of nitrogens with one attached hydrogen (secondary N) is 1. The molecule has 1 aliphatic carbocycles. The van der Waals surface area contributed by atoms with E-state index in [9.17, 15) is 0 Å². The predicted molar refractivity (Wildman–Crippen MR) is 67.9 cm³/mol. The third-order valence-corrected chi connectivity index (χ3v) is 3.56. The highest BCUT2D eigenvalue weighted by atomic mass is 16.5. The minimum atomic E-state index is 0.414. The van der Waals surface area contributed by atoms with Crippen LogP contribution in [0.25, 0.3) is 0 Å². The molecule has 1 fully saturated rings. The zero-order valence-electron chi connectivity index (χ0n) is 10.6. The third-order valence-electron chi connectivity index (χ3n) is 3.56. The fraction of sp³-hybridized carbons (Fsp3) is 0.769. The molecule has 4 heteroatoms. The number of imidazole rings is 1. The number of hydrogen-bond donors (Lipinski definition) is 1. The first-order valence-electron chi connectivity index (χ1n) is 6.62. The van der Waals surface area contributed by atoms with Crippen molar-refractivity contribution in [3.8, 4) is 0 Å². The second kappa shape index (κ2) is 6.77. The fourth-order valence-corrected chi connectivity index (χ4v) is 2.58. The Labute approximate surface area is 103 Å². The summed E-state index contributed by atoms with van der Waals surface area (Å²) in [7, 11) is 1.83. The fourth-order valence-electron chi connectivity index (χ4n) is 2.58. The monoisotopic (exact) mass is 237 g/mol. The average molecular weight is 237 g/mol. The molecule has 1 aliphatic rings. The van der Waals surface area contributed by atoms with Gasteiger partial charge in [-0.3, -0.25) is 0 Å². The molecule has 0 aliphatic heterocycles. The molecule has 1 aromatic rings. The minimum Gasteiger partial charge on any atom is -0.380 e. The van der Waals surface area contributed by atoms with Gasteiger partial charge in [-0.2, -0.15) is 0 Å². The maximum atomic E-state index is 5.53. The van der Waals surface area contributed by atoms with E-state index in [1.807, 2.05) is 25.8 Å². The van der Waals surface area contributed by atoms with Crippen molar-refractivity contribution in [2.75, 3.05) is 13.7 Å². The van der Waals surface area contributed by atoms with E-state index in [-0.39, 0.29) is 0 Å². The molecule has 0 spiro atoms. The van der Waals surface area contributed by atoms with Crippen molar-refractivity contribution in [1.29, 1.82) is 0 Å². The summed E-state index contributed by atoms with van der Waals surface area (Å²) in [4.78, 5) is 4.04. The maximum absolute atomic E-state index is 5.53. The third kappa shape index (κ3) is 3.82. The first-order valence-corrected chi connectivity index (χ1v) is 6.62. The average Bonchev–Trinajstić information content (AvgIpc) is 2.88. The van der Waals surface area contributed by atoms with Crippen LogP contribution in [0.15, 0.2) is 18.7 Å². The molecule has 0 radical (unpaired) electrons. The van der Waals surface area contributed by atoms with E-state index < -0.39 is 0 Å². The van der Waals surface area contributed by atoms with Gasteiger partial charge in [-0.1, -0.05) is 12.8 Å². The zero-order valence-corrected chi connectivity index (χ0v) is 10.6. The van der Waals surface area contributed by atoms with Crippen LogP contribution < -0.4 is 5.32 Å². The summed E-state index contributed by atoms with van der Waals surface area (Å²) in [6, 6.07) is 0.552. The van der Waals surface area contributed by atoms with Crippen molar-refractivity contribution in [2.24, 2.45) is 0 Å². The highest BCUT2D eigenvalue weighted by Gasteiger charge is 2.23. The van der Waals surface area contributed by atoms with Gasteiger partial charge in [0.2, 0.25) is 0 Å². The smallest absolute Gasteiger partial charge is 0.0945 e. The largest absolute Gasteiger partial charge is 0.380 e. The Balaban J connectivity index is 1.63. The van der Waals surface area contributed by atoms with E-state index in [1.54, 1.807) is 0 Å².